The lowest BCUT2D eigenvalue weighted by Crippen LogP contribution is -2.22. The van der Waals surface area contributed by atoms with Crippen LogP contribution in [0.4, 0.5) is 11.6 Å². The minimum Gasteiger partial charge on any atom is -0.396 e. The van der Waals surface area contributed by atoms with Gasteiger partial charge < -0.3 is 36.7 Å². The van der Waals surface area contributed by atoms with Crippen molar-refractivity contribution in [3.63, 3.8) is 0 Å². The summed E-state index contributed by atoms with van der Waals surface area (Å²) in [5.41, 5.74) is 14.5. The van der Waals surface area contributed by atoms with Gasteiger partial charge in [-0.1, -0.05) is 21.6 Å². The highest BCUT2D eigenvalue weighted by atomic mass is 33.1. The highest BCUT2D eigenvalue weighted by Gasteiger charge is 2.18. The Hall–Kier alpha value is -4.00. The van der Waals surface area contributed by atoms with Gasteiger partial charge in [0.25, 0.3) is 5.09 Å². The van der Waals surface area contributed by atoms with Crippen LogP contribution in [-0.2, 0) is 22.7 Å². The molecule has 0 aliphatic heterocycles. The Labute approximate surface area is 250 Å². The number of nitrogens with two attached hydrogens (primary N) is 2. The Kier molecular flexibility index (Phi) is 15.8. The van der Waals surface area contributed by atoms with Crippen molar-refractivity contribution in [2.45, 2.75) is 53.6 Å². The Morgan fingerprint density at radius 2 is 1.21 bits per heavy atom. The Morgan fingerprint density at radius 1 is 0.881 bits per heavy atom. The molecule has 2 aromatic rings. The van der Waals surface area contributed by atoms with E-state index in [9.17, 15) is 19.8 Å². The number of carbonyl (C=O) groups is 2. The van der Waals surface area contributed by atoms with E-state index in [0.29, 0.717) is 71.5 Å². The zero-order valence-electron chi connectivity index (χ0n) is 23.6. The third-order valence-corrected chi connectivity index (χ3v) is 8.50. The third-order valence-electron chi connectivity index (χ3n) is 5.56. The lowest BCUT2D eigenvalue weighted by molar-refractivity contribution is -0.742. The van der Waals surface area contributed by atoms with Gasteiger partial charge in [-0.25, -0.2) is 19.9 Å². The number of carbonyl (C=O) groups excluding carboxylic acids is 2. The number of aromatic nitrogens is 4. The molecular formula is C24H35N9O7S2. The summed E-state index contributed by atoms with van der Waals surface area (Å²) >= 11 is 0. The molecule has 0 saturated heterocycles. The Bertz CT molecular complexity index is 1200. The summed E-state index contributed by atoms with van der Waals surface area (Å²) in [5.74, 6) is 1.65. The van der Waals surface area contributed by atoms with Crippen molar-refractivity contribution in [2.24, 2.45) is 0 Å². The summed E-state index contributed by atoms with van der Waals surface area (Å²) in [4.78, 5) is 53.3. The third kappa shape index (κ3) is 11.9. The van der Waals surface area contributed by atoms with Crippen molar-refractivity contribution in [2.75, 3.05) is 24.7 Å². The zero-order chi connectivity index (χ0) is 31.8. The van der Waals surface area contributed by atoms with Crippen molar-refractivity contribution >= 4 is 46.0 Å². The number of rotatable bonds is 15. The smallest absolute Gasteiger partial charge is 0.291 e. The van der Waals surface area contributed by atoms with Crippen molar-refractivity contribution in [3.05, 3.63) is 66.5 Å². The second-order valence-electron chi connectivity index (χ2n) is 8.49. The van der Waals surface area contributed by atoms with Gasteiger partial charge in [0.1, 0.15) is 23.3 Å². The average Bonchev–Trinajstić information content (AvgIpc) is 2.93. The van der Waals surface area contributed by atoms with E-state index in [-0.39, 0.29) is 26.3 Å². The van der Waals surface area contributed by atoms with Gasteiger partial charge in [0.2, 0.25) is 12.8 Å². The summed E-state index contributed by atoms with van der Waals surface area (Å²) in [6, 6.07) is 0. The van der Waals surface area contributed by atoms with E-state index < -0.39 is 5.09 Å². The molecular weight excluding hydrogens is 590 g/mol. The number of aryl methyl sites for hydroxylation is 2. The molecule has 0 atom stereocenters. The largest absolute Gasteiger partial charge is 0.396 e. The molecule has 2 amide bonds. The fourth-order valence-corrected chi connectivity index (χ4v) is 6.15. The van der Waals surface area contributed by atoms with Gasteiger partial charge in [0.05, 0.1) is 13.1 Å². The molecule has 0 aliphatic carbocycles. The van der Waals surface area contributed by atoms with E-state index in [2.05, 4.69) is 19.9 Å². The van der Waals surface area contributed by atoms with E-state index in [1.54, 1.807) is 40.1 Å². The number of anilines is 2. The minimum atomic E-state index is -1.50. The first-order chi connectivity index (χ1) is 19.9. The summed E-state index contributed by atoms with van der Waals surface area (Å²) < 4.78 is 0. The van der Waals surface area contributed by atoms with E-state index >= 15 is 0 Å². The molecule has 0 radical (unpaired) electrons. The lowest BCUT2D eigenvalue weighted by Gasteiger charge is -2.24. The molecule has 42 heavy (non-hydrogen) atoms. The second kappa shape index (κ2) is 18.4. The SMILES string of the molecule is C/C(=C(\CCO)SS/C(CCO)=C(/C)N(C=O)Cc1cnc(C)nc1N)N(C=O)Cc1cnc(C)nc1N.O=[N+]([O-])O. The van der Waals surface area contributed by atoms with Crippen molar-refractivity contribution < 1.29 is 30.1 Å². The van der Waals surface area contributed by atoms with Crippen LogP contribution in [0.25, 0.3) is 0 Å². The molecule has 2 aromatic heterocycles. The number of aliphatic hydroxyl groups excluding tert-OH is 2. The topological polar surface area (TPSA) is 248 Å². The fraction of sp³-hybridized carbons (Fsp3) is 0.417. The number of hydrogen-bond acceptors (Lipinski definition) is 14. The average molecular weight is 626 g/mol. The monoisotopic (exact) mass is 625 g/mol. The predicted molar refractivity (Wildman–Crippen MR) is 158 cm³/mol. The highest BCUT2D eigenvalue weighted by Crippen LogP contribution is 2.42. The molecule has 0 saturated carbocycles. The molecule has 18 heteroatoms. The highest BCUT2D eigenvalue weighted by molar-refractivity contribution is 8.79. The maximum absolute atomic E-state index is 12.0. The molecule has 0 unspecified atom stereocenters. The van der Waals surface area contributed by atoms with Crippen LogP contribution in [0.5, 0.6) is 0 Å². The standard InChI is InChI=1S/C24H34N8O4S2.HNO3/c1-15(31(13-35)11-19-9-27-17(3)29-23(19)25)21(5-7-33)37-38-22(6-8-34)16(2)32(14-36)12-20-10-28-18(4)30-24(20)26;2-1(3)4/h9-10,13-14,33-34H,5-8,11-12H2,1-4H3,(H2,25,27,29)(H2,26,28,30);(H,2,3,4)/b21-15-,22-16-;. The van der Waals surface area contributed by atoms with Crippen LogP contribution in [0.1, 0.15) is 49.5 Å². The number of amides is 2. The van der Waals surface area contributed by atoms with Gasteiger partial charge in [-0.15, -0.1) is 10.1 Å². The van der Waals surface area contributed by atoms with E-state index in [0.717, 1.165) is 9.81 Å². The molecule has 7 N–H and O–H groups in total. The first-order valence-electron chi connectivity index (χ1n) is 12.3. The zero-order valence-corrected chi connectivity index (χ0v) is 25.3. The Morgan fingerprint density at radius 3 is 1.48 bits per heavy atom. The molecule has 16 nitrogen and oxygen atoms in total. The van der Waals surface area contributed by atoms with Crippen LogP contribution in [0.15, 0.2) is 33.6 Å². The number of aliphatic hydroxyl groups is 2. The number of nitrogens with zero attached hydrogens (tertiary/aromatic N) is 7. The lowest BCUT2D eigenvalue weighted by atomic mass is 10.2. The van der Waals surface area contributed by atoms with Crippen LogP contribution in [0.2, 0.25) is 0 Å². The number of allylic oxidation sites excluding steroid dienone is 2. The minimum absolute atomic E-state index is 0.131. The first kappa shape index (κ1) is 36.0. The summed E-state index contributed by atoms with van der Waals surface area (Å²) in [7, 11) is 2.69. The first-order valence-corrected chi connectivity index (χ1v) is 14.4. The normalized spacial score (nSPS) is 11.9. The maximum atomic E-state index is 12.0. The molecule has 2 rings (SSSR count). The van der Waals surface area contributed by atoms with E-state index in [4.69, 9.17) is 26.8 Å². The molecule has 0 aromatic carbocycles. The fourth-order valence-electron chi connectivity index (χ4n) is 3.30. The predicted octanol–water partition coefficient (Wildman–Crippen LogP) is 1.93. The van der Waals surface area contributed by atoms with Crippen molar-refractivity contribution in [3.8, 4) is 0 Å². The summed E-state index contributed by atoms with van der Waals surface area (Å²) in [5, 5.41) is 33.0. The number of nitrogen functional groups attached to an aromatic ring is 2. The van der Waals surface area contributed by atoms with Crippen LogP contribution in [0, 0.1) is 24.0 Å². The van der Waals surface area contributed by atoms with E-state index in [1.807, 2.05) is 0 Å². The van der Waals surface area contributed by atoms with Crippen molar-refractivity contribution in [1.82, 2.24) is 29.7 Å². The summed E-state index contributed by atoms with van der Waals surface area (Å²) in [6.45, 7) is 7.08. The molecule has 230 valence electrons. The van der Waals surface area contributed by atoms with Crippen LogP contribution in [-0.4, -0.2) is 76.3 Å². The van der Waals surface area contributed by atoms with Gasteiger partial charge >= 0.3 is 0 Å². The van der Waals surface area contributed by atoms with Crippen LogP contribution < -0.4 is 11.5 Å². The molecule has 0 spiro atoms. The molecule has 0 aliphatic rings. The Balaban J connectivity index is 0.00000206. The molecule has 2 heterocycles. The quantitative estimate of drug-likeness (QED) is 0.0820. The van der Waals surface area contributed by atoms with Crippen LogP contribution in [0.3, 0.4) is 0 Å². The maximum Gasteiger partial charge on any atom is 0.291 e. The summed E-state index contributed by atoms with van der Waals surface area (Å²) in [6.07, 6.45) is 5.15. The van der Waals surface area contributed by atoms with Crippen LogP contribution >= 0.6 is 21.6 Å². The number of hydrogen-bond donors (Lipinski definition) is 5. The second-order valence-corrected chi connectivity index (χ2v) is 10.8. The van der Waals surface area contributed by atoms with Gasteiger partial charge in [-0.3, -0.25) is 9.59 Å². The van der Waals surface area contributed by atoms with E-state index in [1.165, 1.54) is 31.4 Å². The van der Waals surface area contributed by atoms with Crippen molar-refractivity contribution in [1.29, 1.82) is 0 Å². The van der Waals surface area contributed by atoms with Gasteiger partial charge in [-0.2, -0.15) is 0 Å². The van der Waals surface area contributed by atoms with Gasteiger partial charge in [0.15, 0.2) is 0 Å². The van der Waals surface area contributed by atoms with Gasteiger partial charge in [0, 0.05) is 70.8 Å². The van der Waals surface area contributed by atoms with Gasteiger partial charge in [-0.05, 0) is 27.7 Å². The molecule has 0 fully saturated rings. The molecule has 0 bridgehead atoms.